The van der Waals surface area contributed by atoms with E-state index in [0.29, 0.717) is 23.7 Å². The minimum atomic E-state index is -0.463. The van der Waals surface area contributed by atoms with Crippen LogP contribution in [0, 0.1) is 23.7 Å². The Morgan fingerprint density at radius 1 is 1.04 bits per heavy atom. The predicted molar refractivity (Wildman–Crippen MR) is 113 cm³/mol. The van der Waals surface area contributed by atoms with Crippen LogP contribution in [-0.4, -0.2) is 35.5 Å². The van der Waals surface area contributed by atoms with E-state index in [1.54, 1.807) is 0 Å². The summed E-state index contributed by atoms with van der Waals surface area (Å²) in [5.74, 6) is 1.86. The maximum absolute atomic E-state index is 12.1. The zero-order valence-electron chi connectivity index (χ0n) is 18.9. The van der Waals surface area contributed by atoms with E-state index in [-0.39, 0.29) is 24.8 Å². The Morgan fingerprint density at radius 3 is 2.25 bits per heavy atom. The summed E-state index contributed by atoms with van der Waals surface area (Å²) in [5.41, 5.74) is -0.463. The molecule has 0 aliphatic heterocycles. The lowest BCUT2D eigenvalue weighted by atomic mass is 9.69. The van der Waals surface area contributed by atoms with Gasteiger partial charge in [0.25, 0.3) is 0 Å². The van der Waals surface area contributed by atoms with Crippen LogP contribution in [0.25, 0.3) is 0 Å². The van der Waals surface area contributed by atoms with Crippen molar-refractivity contribution in [3.63, 3.8) is 0 Å². The first-order valence-corrected chi connectivity index (χ1v) is 11.7. The highest BCUT2D eigenvalue weighted by Crippen LogP contribution is 2.40. The van der Waals surface area contributed by atoms with Gasteiger partial charge in [0.1, 0.15) is 12.2 Å². The van der Waals surface area contributed by atoms with Crippen LogP contribution in [0.2, 0.25) is 0 Å². The minimum absolute atomic E-state index is 0.0592. The molecule has 28 heavy (non-hydrogen) atoms. The molecule has 0 radical (unpaired) electrons. The lowest BCUT2D eigenvalue weighted by Gasteiger charge is -2.40. The summed E-state index contributed by atoms with van der Waals surface area (Å²) >= 11 is 0. The fourth-order valence-corrected chi connectivity index (χ4v) is 5.52. The molecular formula is C24H44O4. The summed E-state index contributed by atoms with van der Waals surface area (Å²) in [5, 5.41) is 10.5. The first-order chi connectivity index (χ1) is 13.2. The van der Waals surface area contributed by atoms with Crippen LogP contribution < -0.4 is 0 Å². The van der Waals surface area contributed by atoms with Gasteiger partial charge in [-0.2, -0.15) is 0 Å². The Morgan fingerprint density at radius 2 is 1.64 bits per heavy atom. The molecule has 4 nitrogen and oxygen atoms in total. The summed E-state index contributed by atoms with van der Waals surface area (Å²) in [7, 11) is 0. The third-order valence-electron chi connectivity index (χ3n) is 6.91. The molecule has 4 heteroatoms. The van der Waals surface area contributed by atoms with Crippen LogP contribution in [0.15, 0.2) is 0 Å². The van der Waals surface area contributed by atoms with Crippen LogP contribution in [0.1, 0.15) is 98.8 Å². The molecule has 2 saturated carbocycles. The van der Waals surface area contributed by atoms with Gasteiger partial charge in [-0.25, -0.2) is 4.79 Å². The van der Waals surface area contributed by atoms with Gasteiger partial charge < -0.3 is 14.6 Å². The van der Waals surface area contributed by atoms with Crippen LogP contribution in [-0.2, 0) is 14.3 Å². The molecule has 1 N–H and O–H groups in total. The molecule has 2 aliphatic carbocycles. The molecule has 0 aromatic carbocycles. The van der Waals surface area contributed by atoms with E-state index in [0.717, 1.165) is 25.7 Å². The Balaban J connectivity index is 1.91. The molecule has 2 fully saturated rings. The van der Waals surface area contributed by atoms with Crippen molar-refractivity contribution < 1.29 is 19.4 Å². The molecule has 0 aromatic heterocycles. The zero-order valence-corrected chi connectivity index (χ0v) is 18.9. The second-order valence-corrected chi connectivity index (χ2v) is 10.3. The molecular weight excluding hydrogens is 352 g/mol. The normalized spacial score (nSPS) is 31.2. The molecule has 2 aliphatic rings. The topological polar surface area (TPSA) is 55.8 Å². The highest BCUT2D eigenvalue weighted by Gasteiger charge is 2.35. The van der Waals surface area contributed by atoms with E-state index in [1.807, 2.05) is 20.8 Å². The SMILES string of the molecule is CCC(CC(C)C1CCCCC1OCC(=O)OC(C)(C)C)C1CCCCC1O. The van der Waals surface area contributed by atoms with Gasteiger partial charge in [0.15, 0.2) is 0 Å². The first-order valence-electron chi connectivity index (χ1n) is 11.7. The fraction of sp³-hybridized carbons (Fsp3) is 0.958. The van der Waals surface area contributed by atoms with Gasteiger partial charge in [-0.05, 0) is 76.5 Å². The number of aliphatic hydroxyl groups excluding tert-OH is 1. The number of hydrogen-bond acceptors (Lipinski definition) is 4. The maximum Gasteiger partial charge on any atom is 0.332 e. The summed E-state index contributed by atoms with van der Waals surface area (Å²) in [4.78, 5) is 12.1. The standard InChI is InChI=1S/C24H44O4/c1-6-18(20-12-7-9-13-21(20)25)15-17(2)19-11-8-10-14-22(19)27-16-23(26)28-24(3,4)5/h17-22,25H,6-16H2,1-5H3. The van der Waals surface area contributed by atoms with Crippen molar-refractivity contribution in [3.05, 3.63) is 0 Å². The van der Waals surface area contributed by atoms with Crippen molar-refractivity contribution in [3.8, 4) is 0 Å². The van der Waals surface area contributed by atoms with Crippen molar-refractivity contribution in [2.75, 3.05) is 6.61 Å². The van der Waals surface area contributed by atoms with Crippen molar-refractivity contribution in [2.24, 2.45) is 23.7 Å². The smallest absolute Gasteiger partial charge is 0.332 e. The van der Waals surface area contributed by atoms with Crippen molar-refractivity contribution >= 4 is 5.97 Å². The molecule has 0 saturated heterocycles. The quantitative estimate of drug-likeness (QED) is 0.550. The predicted octanol–water partition coefficient (Wildman–Crippen LogP) is 5.51. The largest absolute Gasteiger partial charge is 0.458 e. The van der Waals surface area contributed by atoms with Gasteiger partial charge in [0.2, 0.25) is 0 Å². The summed E-state index contributed by atoms with van der Waals surface area (Å²) in [6, 6.07) is 0. The minimum Gasteiger partial charge on any atom is -0.458 e. The highest BCUT2D eigenvalue weighted by atomic mass is 16.6. The molecule has 0 spiro atoms. The number of ether oxygens (including phenoxy) is 2. The lowest BCUT2D eigenvalue weighted by molar-refractivity contribution is -0.164. The lowest BCUT2D eigenvalue weighted by Crippen LogP contribution is -2.37. The molecule has 164 valence electrons. The van der Waals surface area contributed by atoms with Crippen LogP contribution >= 0.6 is 0 Å². The Bertz CT molecular complexity index is 470. The number of carbonyl (C=O) groups is 1. The molecule has 0 bridgehead atoms. The van der Waals surface area contributed by atoms with Gasteiger partial charge in [-0.3, -0.25) is 0 Å². The molecule has 0 heterocycles. The summed E-state index contributed by atoms with van der Waals surface area (Å²) < 4.78 is 11.5. The first kappa shape index (κ1) is 23.7. The van der Waals surface area contributed by atoms with E-state index in [1.165, 1.54) is 38.5 Å². The Labute approximate surface area is 172 Å². The number of esters is 1. The third-order valence-corrected chi connectivity index (χ3v) is 6.91. The molecule has 0 aromatic rings. The molecule has 2 rings (SSSR count). The van der Waals surface area contributed by atoms with Gasteiger partial charge in [-0.1, -0.05) is 46.0 Å². The number of rotatable bonds is 8. The third kappa shape index (κ3) is 7.33. The average Bonchev–Trinajstić information content (AvgIpc) is 2.64. The highest BCUT2D eigenvalue weighted by molar-refractivity contribution is 5.71. The van der Waals surface area contributed by atoms with E-state index < -0.39 is 5.60 Å². The van der Waals surface area contributed by atoms with E-state index in [2.05, 4.69) is 13.8 Å². The van der Waals surface area contributed by atoms with Crippen molar-refractivity contribution in [1.29, 1.82) is 0 Å². The second kappa shape index (κ2) is 11.0. The molecule has 0 amide bonds. The molecule has 6 atom stereocenters. The van der Waals surface area contributed by atoms with E-state index in [9.17, 15) is 9.90 Å². The van der Waals surface area contributed by atoms with E-state index >= 15 is 0 Å². The second-order valence-electron chi connectivity index (χ2n) is 10.3. The Hall–Kier alpha value is -0.610. The number of aliphatic hydroxyl groups is 1. The monoisotopic (exact) mass is 396 g/mol. The van der Waals surface area contributed by atoms with Gasteiger partial charge in [0.05, 0.1) is 12.2 Å². The van der Waals surface area contributed by atoms with Gasteiger partial charge in [0, 0.05) is 0 Å². The van der Waals surface area contributed by atoms with Gasteiger partial charge >= 0.3 is 5.97 Å². The van der Waals surface area contributed by atoms with Crippen molar-refractivity contribution in [1.82, 2.24) is 0 Å². The van der Waals surface area contributed by atoms with E-state index in [4.69, 9.17) is 9.47 Å². The van der Waals surface area contributed by atoms with Crippen LogP contribution in [0.3, 0.4) is 0 Å². The Kier molecular flexibility index (Phi) is 9.27. The summed E-state index contributed by atoms with van der Waals surface area (Å²) in [6.07, 6.45) is 11.6. The van der Waals surface area contributed by atoms with Crippen molar-refractivity contribution in [2.45, 2.75) is 117 Å². The van der Waals surface area contributed by atoms with Gasteiger partial charge in [-0.15, -0.1) is 0 Å². The number of hydrogen-bond donors (Lipinski definition) is 1. The fourth-order valence-electron chi connectivity index (χ4n) is 5.52. The maximum atomic E-state index is 12.1. The van der Waals surface area contributed by atoms with Crippen LogP contribution in [0.5, 0.6) is 0 Å². The molecule has 6 unspecified atom stereocenters. The summed E-state index contributed by atoms with van der Waals surface area (Å²) in [6.45, 7) is 10.4. The zero-order chi connectivity index (χ0) is 20.7. The number of carbonyl (C=O) groups excluding carboxylic acids is 1. The average molecular weight is 397 g/mol. The van der Waals surface area contributed by atoms with Crippen LogP contribution in [0.4, 0.5) is 0 Å².